The van der Waals surface area contributed by atoms with E-state index in [1.54, 1.807) is 0 Å². The zero-order valence-corrected chi connectivity index (χ0v) is 18.1. The number of hydrogen-bond donors (Lipinski definition) is 1. The molecule has 0 fully saturated rings. The van der Waals surface area contributed by atoms with Crippen LogP contribution in [0.5, 0.6) is 0 Å². The van der Waals surface area contributed by atoms with Crippen LogP contribution in [0, 0.1) is 44.8 Å². The molecule has 0 saturated heterocycles. The second kappa shape index (κ2) is 7.36. The number of nitrogens with zero attached hydrogens (tertiary/aromatic N) is 3. The van der Waals surface area contributed by atoms with Crippen molar-refractivity contribution in [3.8, 4) is 18.2 Å². The molecule has 0 aromatic heterocycles. The van der Waals surface area contributed by atoms with Crippen LogP contribution in [-0.4, -0.2) is 5.71 Å². The van der Waals surface area contributed by atoms with Gasteiger partial charge >= 0.3 is 0 Å². The first-order valence-electron chi connectivity index (χ1n) is 8.40. The van der Waals surface area contributed by atoms with E-state index < -0.39 is 10.8 Å². The molecule has 2 aromatic carbocycles. The van der Waals surface area contributed by atoms with Gasteiger partial charge in [-0.1, -0.05) is 63.0 Å². The second-order valence-corrected chi connectivity index (χ2v) is 8.67. The third-order valence-electron chi connectivity index (χ3n) is 5.41. The monoisotopic (exact) mass is 492 g/mol. The van der Waals surface area contributed by atoms with Crippen molar-refractivity contribution in [1.82, 2.24) is 0 Å². The maximum atomic E-state index is 10.0. The first kappa shape index (κ1) is 20.0. The molecular weight excluding hydrogens is 480 g/mol. The summed E-state index contributed by atoms with van der Waals surface area (Å²) < 4.78 is 1.78. The van der Waals surface area contributed by atoms with Gasteiger partial charge in [-0.05, 0) is 47.4 Å². The Labute approximate surface area is 180 Å². The van der Waals surface area contributed by atoms with E-state index in [2.05, 4.69) is 50.1 Å². The minimum absolute atomic E-state index is 0.0972. The van der Waals surface area contributed by atoms with Gasteiger partial charge in [0.2, 0.25) is 0 Å². The van der Waals surface area contributed by atoms with Gasteiger partial charge in [-0.2, -0.15) is 15.8 Å². The number of halogens is 2. The predicted octanol–water partition coefficient (Wildman–Crippen LogP) is 5.90. The number of benzene rings is 2. The highest BCUT2D eigenvalue weighted by Gasteiger charge is 2.58. The lowest BCUT2D eigenvalue weighted by molar-refractivity contribution is 0.357. The summed E-state index contributed by atoms with van der Waals surface area (Å²) in [6.45, 7) is 1.82. The maximum absolute atomic E-state index is 10.0. The first-order chi connectivity index (χ1) is 13.3. The number of allylic oxidation sites excluding steroid dienone is 2. The SMILES string of the molecule is C[C@]1(c2ccc(Br)cc2)CC(c2ccc(Br)cc2)=C(C#N)C(=N)C1(C#N)C#N. The molecule has 1 N–H and O–H groups in total. The van der Waals surface area contributed by atoms with E-state index in [-0.39, 0.29) is 11.3 Å². The van der Waals surface area contributed by atoms with Crippen molar-refractivity contribution in [2.75, 3.05) is 0 Å². The van der Waals surface area contributed by atoms with Gasteiger partial charge in [-0.3, -0.25) is 0 Å². The van der Waals surface area contributed by atoms with Gasteiger partial charge in [0, 0.05) is 14.4 Å². The van der Waals surface area contributed by atoms with Crippen LogP contribution >= 0.6 is 31.9 Å². The molecule has 4 nitrogen and oxygen atoms in total. The molecule has 1 aliphatic carbocycles. The highest BCUT2D eigenvalue weighted by molar-refractivity contribution is 9.10. The Bertz CT molecular complexity index is 1100. The van der Waals surface area contributed by atoms with Gasteiger partial charge in [0.1, 0.15) is 6.07 Å². The molecule has 0 unspecified atom stereocenters. The predicted molar refractivity (Wildman–Crippen MR) is 114 cm³/mol. The summed E-state index contributed by atoms with van der Waals surface area (Å²) in [5, 5.41) is 38.5. The van der Waals surface area contributed by atoms with Crippen molar-refractivity contribution >= 4 is 43.1 Å². The van der Waals surface area contributed by atoms with Crippen molar-refractivity contribution in [2.45, 2.75) is 18.8 Å². The van der Waals surface area contributed by atoms with Crippen LogP contribution in [0.25, 0.3) is 5.57 Å². The molecular formula is C22H14Br2N4. The first-order valence-corrected chi connectivity index (χ1v) is 9.98. The Kier molecular flexibility index (Phi) is 5.26. The molecule has 0 saturated carbocycles. The smallest absolute Gasteiger partial charge is 0.195 e. The molecule has 0 aliphatic heterocycles. The summed E-state index contributed by atoms with van der Waals surface area (Å²) in [6, 6.07) is 21.1. The normalized spacial score (nSPS) is 20.8. The Morgan fingerprint density at radius 1 is 0.893 bits per heavy atom. The average Bonchev–Trinajstić information content (AvgIpc) is 2.69. The van der Waals surface area contributed by atoms with Gasteiger partial charge in [0.25, 0.3) is 0 Å². The molecule has 136 valence electrons. The van der Waals surface area contributed by atoms with Gasteiger partial charge < -0.3 is 5.41 Å². The Hall–Kier alpha value is -2.72. The standard InChI is InChI=1S/C22H14Br2N4/c1-21(15-4-8-17(24)9-5-15)10-18(14-2-6-16(23)7-3-14)19(11-25)20(28)22(21,12-26)13-27/h2-9,28H,10H2,1H3/t21-/m1/s1. The molecule has 1 atom stereocenters. The van der Waals surface area contributed by atoms with Crippen molar-refractivity contribution in [3.63, 3.8) is 0 Å². The molecule has 0 radical (unpaired) electrons. The molecule has 28 heavy (non-hydrogen) atoms. The third kappa shape index (κ3) is 2.89. The van der Waals surface area contributed by atoms with Crippen molar-refractivity contribution in [1.29, 1.82) is 21.2 Å². The molecule has 0 spiro atoms. The summed E-state index contributed by atoms with van der Waals surface area (Å²) in [7, 11) is 0. The molecule has 0 bridgehead atoms. The number of nitrogens with one attached hydrogen (secondary N) is 1. The van der Waals surface area contributed by atoms with Gasteiger partial charge in [-0.15, -0.1) is 0 Å². The van der Waals surface area contributed by atoms with Crippen molar-refractivity contribution in [3.05, 3.63) is 74.2 Å². The van der Waals surface area contributed by atoms with Crippen LogP contribution in [0.3, 0.4) is 0 Å². The quantitative estimate of drug-likeness (QED) is 0.563. The Morgan fingerprint density at radius 2 is 1.39 bits per heavy atom. The largest absolute Gasteiger partial charge is 0.301 e. The zero-order valence-electron chi connectivity index (χ0n) is 14.9. The average molecular weight is 494 g/mol. The van der Waals surface area contributed by atoms with Crippen LogP contribution in [0.2, 0.25) is 0 Å². The summed E-state index contributed by atoms with van der Waals surface area (Å²) in [4.78, 5) is 0. The molecule has 1 aliphatic rings. The second-order valence-electron chi connectivity index (χ2n) is 6.84. The molecule has 6 heteroatoms. The number of hydrogen-bond acceptors (Lipinski definition) is 4. The fourth-order valence-electron chi connectivity index (χ4n) is 3.73. The lowest BCUT2D eigenvalue weighted by Crippen LogP contribution is -2.50. The van der Waals surface area contributed by atoms with Gasteiger partial charge in [0.05, 0.1) is 23.4 Å². The van der Waals surface area contributed by atoms with E-state index in [0.29, 0.717) is 12.0 Å². The molecule has 3 rings (SSSR count). The van der Waals surface area contributed by atoms with Crippen molar-refractivity contribution in [2.24, 2.45) is 5.41 Å². The van der Waals surface area contributed by atoms with E-state index in [1.165, 1.54) is 0 Å². The van der Waals surface area contributed by atoms with Gasteiger partial charge in [-0.25, -0.2) is 0 Å². The Morgan fingerprint density at radius 3 is 1.86 bits per heavy atom. The summed E-state index contributed by atoms with van der Waals surface area (Å²) in [5.41, 5.74) is -0.643. The third-order valence-corrected chi connectivity index (χ3v) is 6.46. The van der Waals surface area contributed by atoms with Crippen LogP contribution < -0.4 is 0 Å². The highest BCUT2D eigenvalue weighted by Crippen LogP contribution is 2.53. The number of nitriles is 3. The minimum Gasteiger partial charge on any atom is -0.301 e. The van der Waals surface area contributed by atoms with E-state index in [9.17, 15) is 15.8 Å². The molecule has 2 aromatic rings. The lowest BCUT2D eigenvalue weighted by Gasteiger charge is -2.44. The van der Waals surface area contributed by atoms with E-state index in [4.69, 9.17) is 5.41 Å². The lowest BCUT2D eigenvalue weighted by atomic mass is 9.53. The van der Waals surface area contributed by atoms with E-state index >= 15 is 0 Å². The number of rotatable bonds is 2. The van der Waals surface area contributed by atoms with Crippen LogP contribution in [0.15, 0.2) is 63.0 Å². The van der Waals surface area contributed by atoms with Crippen LogP contribution in [-0.2, 0) is 5.41 Å². The zero-order chi connectivity index (χ0) is 20.5. The fourth-order valence-corrected chi connectivity index (χ4v) is 4.26. The van der Waals surface area contributed by atoms with Crippen molar-refractivity contribution < 1.29 is 0 Å². The van der Waals surface area contributed by atoms with Crippen LogP contribution in [0.4, 0.5) is 0 Å². The van der Waals surface area contributed by atoms with E-state index in [0.717, 1.165) is 20.1 Å². The maximum Gasteiger partial charge on any atom is 0.195 e. The summed E-state index contributed by atoms with van der Waals surface area (Å²) in [5.74, 6) is 0. The van der Waals surface area contributed by atoms with Gasteiger partial charge in [0.15, 0.2) is 5.41 Å². The molecule has 0 amide bonds. The fraction of sp³-hybridized carbons (Fsp3) is 0.182. The topological polar surface area (TPSA) is 95.2 Å². The summed E-state index contributed by atoms with van der Waals surface area (Å²) in [6.07, 6.45) is 0.294. The molecule has 0 heterocycles. The van der Waals surface area contributed by atoms with E-state index in [1.807, 2.05) is 55.5 Å². The highest BCUT2D eigenvalue weighted by atomic mass is 79.9. The van der Waals surface area contributed by atoms with Crippen LogP contribution in [0.1, 0.15) is 24.5 Å². The minimum atomic E-state index is -1.76. The summed E-state index contributed by atoms with van der Waals surface area (Å²) >= 11 is 6.81. The Balaban J connectivity index is 2.33.